The van der Waals surface area contributed by atoms with Crippen LogP contribution in [0.25, 0.3) is 10.2 Å². The third-order valence-corrected chi connectivity index (χ3v) is 6.02. The average molecular weight is 353 g/mol. The van der Waals surface area contributed by atoms with Gasteiger partial charge in [0.1, 0.15) is 21.9 Å². The highest BCUT2D eigenvalue weighted by Crippen LogP contribution is 2.34. The summed E-state index contributed by atoms with van der Waals surface area (Å²) >= 11 is 1.24. The van der Waals surface area contributed by atoms with Crippen molar-refractivity contribution >= 4 is 43.2 Å². The molecule has 0 saturated carbocycles. The lowest BCUT2D eigenvalue weighted by atomic mass is 10.2. The van der Waals surface area contributed by atoms with Gasteiger partial charge in [-0.15, -0.1) is 11.3 Å². The van der Waals surface area contributed by atoms with Crippen LogP contribution < -0.4 is 5.32 Å². The Morgan fingerprint density at radius 2 is 2.26 bits per heavy atom. The molecule has 1 aliphatic heterocycles. The summed E-state index contributed by atoms with van der Waals surface area (Å²) in [5.41, 5.74) is 0.733. The number of nitrogens with zero attached hydrogens (tertiary/aromatic N) is 2. The molecule has 0 aliphatic carbocycles. The standard InChI is InChI=1S/C14H15N3O4S2/c1-3-21-14(18)11-8(2)10-12(15-7-16-13(10)22-11)17-9-4-5-23(19,20)6-9/h4-5,7,9H,3,6H2,1-2H3,(H,15,16,17). The van der Waals surface area contributed by atoms with E-state index in [-0.39, 0.29) is 17.8 Å². The third kappa shape index (κ3) is 3.06. The van der Waals surface area contributed by atoms with Gasteiger partial charge in [0.25, 0.3) is 0 Å². The molecule has 3 rings (SSSR count). The molecular formula is C14H15N3O4S2. The number of anilines is 1. The molecule has 1 atom stereocenters. The Kier molecular flexibility index (Phi) is 4.07. The SMILES string of the molecule is CCOC(=O)c1sc2ncnc(NC3C=CS(=O)(=O)C3)c2c1C. The highest BCUT2D eigenvalue weighted by atomic mass is 32.2. The molecule has 0 aromatic carbocycles. The fourth-order valence-corrected chi connectivity index (χ4v) is 4.69. The van der Waals surface area contributed by atoms with Crippen LogP contribution in [0.2, 0.25) is 0 Å². The average Bonchev–Trinajstić information content (AvgIpc) is 3.00. The highest BCUT2D eigenvalue weighted by Gasteiger charge is 2.24. The lowest BCUT2D eigenvalue weighted by Crippen LogP contribution is -2.21. The van der Waals surface area contributed by atoms with E-state index in [1.807, 2.05) is 0 Å². The van der Waals surface area contributed by atoms with Gasteiger partial charge in [0.05, 0.1) is 23.8 Å². The molecule has 122 valence electrons. The molecule has 1 N–H and O–H groups in total. The first kappa shape index (κ1) is 15.9. The second-order valence-electron chi connectivity index (χ2n) is 5.09. The molecule has 0 radical (unpaired) electrons. The van der Waals surface area contributed by atoms with E-state index in [2.05, 4.69) is 15.3 Å². The summed E-state index contributed by atoms with van der Waals surface area (Å²) in [6, 6.07) is -0.344. The normalized spacial score (nSPS) is 19.1. The van der Waals surface area contributed by atoms with Crippen LogP contribution in [-0.4, -0.2) is 42.8 Å². The number of aromatic nitrogens is 2. The Morgan fingerprint density at radius 1 is 1.48 bits per heavy atom. The lowest BCUT2D eigenvalue weighted by molar-refractivity contribution is 0.0531. The van der Waals surface area contributed by atoms with E-state index in [0.29, 0.717) is 22.1 Å². The Balaban J connectivity index is 1.98. The van der Waals surface area contributed by atoms with Gasteiger partial charge in [-0.25, -0.2) is 23.2 Å². The van der Waals surface area contributed by atoms with E-state index >= 15 is 0 Å². The molecule has 3 heterocycles. The smallest absolute Gasteiger partial charge is 0.348 e. The van der Waals surface area contributed by atoms with Gasteiger partial charge in [-0.2, -0.15) is 0 Å². The van der Waals surface area contributed by atoms with Crippen LogP contribution in [0.5, 0.6) is 0 Å². The quantitative estimate of drug-likeness (QED) is 0.838. The number of thiophene rings is 1. The molecule has 0 saturated heterocycles. The van der Waals surface area contributed by atoms with Crippen molar-refractivity contribution in [1.82, 2.24) is 9.97 Å². The van der Waals surface area contributed by atoms with Crippen molar-refractivity contribution in [2.45, 2.75) is 19.9 Å². The first-order valence-electron chi connectivity index (χ1n) is 7.00. The van der Waals surface area contributed by atoms with Crippen LogP contribution in [0.1, 0.15) is 22.2 Å². The number of sulfone groups is 1. The topological polar surface area (TPSA) is 98.2 Å². The summed E-state index contributed by atoms with van der Waals surface area (Å²) in [5, 5.41) is 5.02. The minimum absolute atomic E-state index is 0.00753. The Morgan fingerprint density at radius 3 is 2.91 bits per heavy atom. The maximum absolute atomic E-state index is 12.0. The number of carbonyl (C=O) groups is 1. The number of esters is 1. The predicted molar refractivity (Wildman–Crippen MR) is 88.4 cm³/mol. The number of hydrogen-bond acceptors (Lipinski definition) is 8. The van der Waals surface area contributed by atoms with Crippen LogP contribution in [0.15, 0.2) is 17.8 Å². The number of hydrogen-bond donors (Lipinski definition) is 1. The maximum Gasteiger partial charge on any atom is 0.348 e. The molecule has 23 heavy (non-hydrogen) atoms. The Hall–Kier alpha value is -2.00. The van der Waals surface area contributed by atoms with E-state index < -0.39 is 9.84 Å². The summed E-state index contributed by atoms with van der Waals surface area (Å²) in [5.74, 6) is 0.125. The van der Waals surface area contributed by atoms with Crippen LogP contribution >= 0.6 is 11.3 Å². The molecule has 0 amide bonds. The van der Waals surface area contributed by atoms with E-state index in [0.717, 1.165) is 10.9 Å². The van der Waals surface area contributed by atoms with Gasteiger partial charge in [0.2, 0.25) is 0 Å². The van der Waals surface area contributed by atoms with Crippen molar-refractivity contribution in [3.8, 4) is 0 Å². The van der Waals surface area contributed by atoms with E-state index in [9.17, 15) is 13.2 Å². The zero-order valence-corrected chi connectivity index (χ0v) is 14.2. The fourth-order valence-electron chi connectivity index (χ4n) is 2.41. The number of rotatable bonds is 4. The molecule has 0 fully saturated rings. The first-order chi connectivity index (χ1) is 10.9. The summed E-state index contributed by atoms with van der Waals surface area (Å²) in [6.45, 7) is 3.86. The van der Waals surface area contributed by atoms with Gasteiger partial charge >= 0.3 is 5.97 Å². The van der Waals surface area contributed by atoms with Crippen molar-refractivity contribution in [3.63, 3.8) is 0 Å². The minimum atomic E-state index is -3.15. The summed E-state index contributed by atoms with van der Waals surface area (Å²) in [7, 11) is -3.15. The van der Waals surface area contributed by atoms with Gasteiger partial charge < -0.3 is 10.1 Å². The van der Waals surface area contributed by atoms with Crippen LogP contribution in [-0.2, 0) is 14.6 Å². The van der Waals surface area contributed by atoms with E-state index in [4.69, 9.17) is 4.74 Å². The molecule has 0 spiro atoms. The second-order valence-corrected chi connectivity index (χ2v) is 8.02. The minimum Gasteiger partial charge on any atom is -0.462 e. The number of nitrogens with one attached hydrogen (secondary N) is 1. The fraction of sp³-hybridized carbons (Fsp3) is 0.357. The number of carbonyl (C=O) groups excluding carboxylic acids is 1. The maximum atomic E-state index is 12.0. The second kappa shape index (κ2) is 5.89. The molecule has 9 heteroatoms. The van der Waals surface area contributed by atoms with Gasteiger partial charge in [0.15, 0.2) is 9.84 Å². The summed E-state index contributed by atoms with van der Waals surface area (Å²) < 4.78 is 28.1. The number of ether oxygens (including phenoxy) is 1. The summed E-state index contributed by atoms with van der Waals surface area (Å²) in [4.78, 5) is 21.5. The van der Waals surface area contributed by atoms with Gasteiger partial charge in [0, 0.05) is 5.41 Å². The zero-order chi connectivity index (χ0) is 16.6. The molecule has 7 nitrogen and oxygen atoms in total. The molecular weight excluding hydrogens is 338 g/mol. The van der Waals surface area contributed by atoms with Crippen LogP contribution in [0, 0.1) is 6.92 Å². The molecule has 1 unspecified atom stereocenters. The molecule has 2 aromatic heterocycles. The van der Waals surface area contributed by atoms with Gasteiger partial charge in [-0.1, -0.05) is 0 Å². The molecule has 1 aliphatic rings. The largest absolute Gasteiger partial charge is 0.462 e. The van der Waals surface area contributed by atoms with E-state index in [1.54, 1.807) is 19.9 Å². The lowest BCUT2D eigenvalue weighted by Gasteiger charge is -2.11. The van der Waals surface area contributed by atoms with Gasteiger partial charge in [-0.3, -0.25) is 0 Å². The first-order valence-corrected chi connectivity index (χ1v) is 9.53. The summed E-state index contributed by atoms with van der Waals surface area (Å²) in [6.07, 6.45) is 2.99. The third-order valence-electron chi connectivity index (χ3n) is 3.44. The van der Waals surface area contributed by atoms with Crippen LogP contribution in [0.4, 0.5) is 5.82 Å². The Bertz CT molecular complexity index is 902. The molecule has 2 aromatic rings. The van der Waals surface area contributed by atoms with Crippen molar-refractivity contribution in [2.75, 3.05) is 17.7 Å². The number of fused-ring (bicyclic) bond motifs is 1. The monoisotopic (exact) mass is 353 g/mol. The van der Waals surface area contributed by atoms with Gasteiger partial charge in [-0.05, 0) is 25.5 Å². The van der Waals surface area contributed by atoms with Crippen molar-refractivity contribution < 1.29 is 17.9 Å². The molecule has 0 bridgehead atoms. The Labute approximate surface area is 137 Å². The number of aryl methyl sites for hydroxylation is 1. The van der Waals surface area contributed by atoms with Crippen molar-refractivity contribution in [3.05, 3.63) is 28.3 Å². The highest BCUT2D eigenvalue weighted by molar-refractivity contribution is 7.94. The van der Waals surface area contributed by atoms with Crippen molar-refractivity contribution in [1.29, 1.82) is 0 Å². The van der Waals surface area contributed by atoms with E-state index in [1.165, 1.54) is 23.1 Å². The zero-order valence-electron chi connectivity index (χ0n) is 12.6. The predicted octanol–water partition coefficient (Wildman–Crippen LogP) is 1.90. The van der Waals surface area contributed by atoms with Crippen LogP contribution in [0.3, 0.4) is 0 Å². The van der Waals surface area contributed by atoms with Crippen molar-refractivity contribution in [2.24, 2.45) is 0 Å².